The number of hydrogen-bond donors (Lipinski definition) is 0. The Kier molecular flexibility index (Phi) is 8.80. The standard InChI is InChI=1S/C16H29NO3Si/c1-5-12-17(13-6-2)15-20-21(18-3,19-4)14-16-10-8-7-9-11-16/h7-11H,5-6,12-15H2,1-4H3. The van der Waals surface area contributed by atoms with Crippen LogP contribution in [0, 0.1) is 0 Å². The minimum absolute atomic E-state index is 0.572. The van der Waals surface area contributed by atoms with Crippen molar-refractivity contribution in [2.24, 2.45) is 0 Å². The van der Waals surface area contributed by atoms with Crippen molar-refractivity contribution < 1.29 is 13.3 Å². The Balaban J connectivity index is 2.66. The maximum Gasteiger partial charge on any atom is 0.506 e. The van der Waals surface area contributed by atoms with Crippen LogP contribution in [0.2, 0.25) is 0 Å². The zero-order valence-corrected chi connectivity index (χ0v) is 14.8. The van der Waals surface area contributed by atoms with Crippen molar-refractivity contribution in [2.75, 3.05) is 34.0 Å². The van der Waals surface area contributed by atoms with Crippen LogP contribution in [-0.2, 0) is 19.3 Å². The van der Waals surface area contributed by atoms with Gasteiger partial charge in [0.2, 0.25) is 0 Å². The molecule has 1 aromatic carbocycles. The van der Waals surface area contributed by atoms with E-state index in [0.717, 1.165) is 25.9 Å². The third-order valence-corrected chi connectivity index (χ3v) is 6.09. The summed E-state index contributed by atoms with van der Waals surface area (Å²) in [5.74, 6) is 0. The molecule has 120 valence electrons. The van der Waals surface area contributed by atoms with Crippen molar-refractivity contribution in [3.63, 3.8) is 0 Å². The van der Waals surface area contributed by atoms with E-state index in [1.807, 2.05) is 18.2 Å². The van der Waals surface area contributed by atoms with Crippen molar-refractivity contribution in [2.45, 2.75) is 32.7 Å². The number of benzene rings is 1. The highest BCUT2D eigenvalue weighted by Gasteiger charge is 2.39. The fraction of sp³-hybridized carbons (Fsp3) is 0.625. The maximum atomic E-state index is 6.12. The molecule has 21 heavy (non-hydrogen) atoms. The summed E-state index contributed by atoms with van der Waals surface area (Å²) < 4.78 is 17.5. The predicted molar refractivity (Wildman–Crippen MR) is 88.0 cm³/mol. The van der Waals surface area contributed by atoms with Gasteiger partial charge in [0.25, 0.3) is 0 Å². The van der Waals surface area contributed by atoms with Gasteiger partial charge in [0, 0.05) is 20.3 Å². The van der Waals surface area contributed by atoms with E-state index in [4.69, 9.17) is 13.3 Å². The first kappa shape index (κ1) is 18.3. The number of hydrogen-bond acceptors (Lipinski definition) is 4. The molecule has 0 bridgehead atoms. The average molecular weight is 311 g/mol. The quantitative estimate of drug-likeness (QED) is 0.464. The summed E-state index contributed by atoms with van der Waals surface area (Å²) in [5.41, 5.74) is 1.19. The minimum atomic E-state index is -2.65. The van der Waals surface area contributed by atoms with Crippen LogP contribution in [0.5, 0.6) is 0 Å². The van der Waals surface area contributed by atoms with Crippen LogP contribution in [0.15, 0.2) is 30.3 Å². The molecular formula is C16H29NO3Si. The molecule has 0 N–H and O–H groups in total. The Labute approximate surface area is 130 Å². The van der Waals surface area contributed by atoms with Gasteiger partial charge in [-0.1, -0.05) is 44.2 Å². The van der Waals surface area contributed by atoms with Crippen molar-refractivity contribution in [1.82, 2.24) is 4.90 Å². The lowest BCUT2D eigenvalue weighted by atomic mass is 10.2. The SMILES string of the molecule is CCCN(CCC)CO[Si](Cc1ccccc1)(OC)OC. The fourth-order valence-electron chi connectivity index (χ4n) is 2.31. The zero-order chi connectivity index (χ0) is 15.6. The average Bonchev–Trinajstić information content (AvgIpc) is 2.53. The van der Waals surface area contributed by atoms with Gasteiger partial charge >= 0.3 is 8.80 Å². The van der Waals surface area contributed by atoms with Gasteiger partial charge in [0.15, 0.2) is 0 Å². The van der Waals surface area contributed by atoms with Gasteiger partial charge in [0.05, 0.1) is 6.73 Å². The van der Waals surface area contributed by atoms with E-state index in [1.165, 1.54) is 5.56 Å². The lowest BCUT2D eigenvalue weighted by Gasteiger charge is -2.30. The van der Waals surface area contributed by atoms with Crippen LogP contribution in [0.3, 0.4) is 0 Å². The van der Waals surface area contributed by atoms with Gasteiger partial charge in [-0.3, -0.25) is 4.90 Å². The lowest BCUT2D eigenvalue weighted by Crippen LogP contribution is -2.49. The molecular weight excluding hydrogens is 282 g/mol. The van der Waals surface area contributed by atoms with E-state index in [-0.39, 0.29) is 0 Å². The summed E-state index contributed by atoms with van der Waals surface area (Å²) in [5, 5.41) is 0. The van der Waals surface area contributed by atoms with Crippen molar-refractivity contribution in [3.05, 3.63) is 35.9 Å². The van der Waals surface area contributed by atoms with Crippen LogP contribution in [0.4, 0.5) is 0 Å². The minimum Gasteiger partial charge on any atom is -0.377 e. The van der Waals surface area contributed by atoms with Gasteiger partial charge in [-0.2, -0.15) is 0 Å². The number of rotatable bonds is 11. The Morgan fingerprint density at radius 2 is 1.52 bits per heavy atom. The van der Waals surface area contributed by atoms with E-state index >= 15 is 0 Å². The van der Waals surface area contributed by atoms with Crippen LogP contribution in [0.1, 0.15) is 32.3 Å². The molecule has 4 nitrogen and oxygen atoms in total. The molecule has 0 atom stereocenters. The smallest absolute Gasteiger partial charge is 0.377 e. The summed E-state index contributed by atoms with van der Waals surface area (Å²) in [4.78, 5) is 2.31. The molecule has 0 aliphatic carbocycles. The van der Waals surface area contributed by atoms with Crippen molar-refractivity contribution in [3.8, 4) is 0 Å². The Hall–Kier alpha value is -0.723. The largest absolute Gasteiger partial charge is 0.506 e. The third kappa shape index (κ3) is 6.28. The summed E-state index contributed by atoms with van der Waals surface area (Å²) in [6.45, 7) is 7.02. The second kappa shape index (κ2) is 10.1. The molecule has 0 fully saturated rings. The Bertz CT molecular complexity index is 365. The van der Waals surface area contributed by atoms with E-state index in [9.17, 15) is 0 Å². The summed E-state index contributed by atoms with van der Waals surface area (Å²) in [6, 6.07) is 10.9. The first-order valence-corrected chi connectivity index (χ1v) is 9.63. The lowest BCUT2D eigenvalue weighted by molar-refractivity contribution is 0.0362. The van der Waals surface area contributed by atoms with Gasteiger partial charge in [0.1, 0.15) is 0 Å². The summed E-state index contributed by atoms with van der Waals surface area (Å²) >= 11 is 0. The van der Waals surface area contributed by atoms with Gasteiger partial charge in [-0.15, -0.1) is 0 Å². The van der Waals surface area contributed by atoms with Crippen LogP contribution in [0.25, 0.3) is 0 Å². The van der Waals surface area contributed by atoms with Crippen LogP contribution < -0.4 is 0 Å². The molecule has 0 radical (unpaired) electrons. The molecule has 0 saturated carbocycles. The zero-order valence-electron chi connectivity index (χ0n) is 13.8. The predicted octanol–water partition coefficient (Wildman–Crippen LogP) is 3.10. The normalized spacial score (nSPS) is 12.0. The topological polar surface area (TPSA) is 30.9 Å². The van der Waals surface area contributed by atoms with Gasteiger partial charge in [-0.05, 0) is 31.5 Å². The summed E-state index contributed by atoms with van der Waals surface area (Å²) in [7, 11) is 0.720. The highest BCUT2D eigenvalue weighted by atomic mass is 28.4. The molecule has 0 saturated heterocycles. The second-order valence-corrected chi connectivity index (χ2v) is 7.97. The monoisotopic (exact) mass is 311 g/mol. The molecule has 5 heteroatoms. The Morgan fingerprint density at radius 3 is 2.00 bits per heavy atom. The molecule has 0 unspecified atom stereocenters. The second-order valence-electron chi connectivity index (χ2n) is 5.15. The van der Waals surface area contributed by atoms with Crippen molar-refractivity contribution in [1.29, 1.82) is 0 Å². The van der Waals surface area contributed by atoms with E-state index in [2.05, 4.69) is 30.9 Å². The van der Waals surface area contributed by atoms with Crippen LogP contribution in [-0.4, -0.2) is 47.7 Å². The maximum absolute atomic E-state index is 6.12. The van der Waals surface area contributed by atoms with Crippen LogP contribution >= 0.6 is 0 Å². The Morgan fingerprint density at radius 1 is 0.952 bits per heavy atom. The molecule has 0 heterocycles. The number of nitrogens with zero attached hydrogens (tertiary/aromatic N) is 1. The first-order valence-electron chi connectivity index (χ1n) is 7.70. The fourth-order valence-corrected chi connectivity index (χ4v) is 4.21. The molecule has 0 amide bonds. The molecule has 1 aromatic rings. The van der Waals surface area contributed by atoms with E-state index in [0.29, 0.717) is 12.8 Å². The first-order chi connectivity index (χ1) is 10.2. The van der Waals surface area contributed by atoms with Crippen molar-refractivity contribution >= 4 is 8.80 Å². The van der Waals surface area contributed by atoms with E-state index < -0.39 is 8.80 Å². The third-order valence-electron chi connectivity index (χ3n) is 3.43. The highest BCUT2D eigenvalue weighted by molar-refractivity contribution is 6.60. The molecule has 0 aromatic heterocycles. The highest BCUT2D eigenvalue weighted by Crippen LogP contribution is 2.16. The van der Waals surface area contributed by atoms with Gasteiger partial charge < -0.3 is 13.3 Å². The molecule has 0 aliphatic heterocycles. The summed E-state index contributed by atoms with van der Waals surface area (Å²) in [6.07, 6.45) is 2.24. The molecule has 0 aliphatic rings. The molecule has 1 rings (SSSR count). The van der Waals surface area contributed by atoms with Gasteiger partial charge in [-0.25, -0.2) is 0 Å². The van der Waals surface area contributed by atoms with E-state index in [1.54, 1.807) is 14.2 Å². The molecule has 0 spiro atoms.